The number of imidazole rings is 3. The highest BCUT2D eigenvalue weighted by molar-refractivity contribution is 7.14. The fourth-order valence-electron chi connectivity index (χ4n) is 11.7. The van der Waals surface area contributed by atoms with Gasteiger partial charge >= 0.3 is 24.1 Å². The van der Waals surface area contributed by atoms with Gasteiger partial charge in [0.1, 0.15) is 22.4 Å². The Bertz CT molecular complexity index is 5470. The largest absolute Gasteiger partial charge is 0.465 e. The summed E-state index contributed by atoms with van der Waals surface area (Å²) in [6.45, 7) is 74.2. The van der Waals surface area contributed by atoms with Crippen molar-refractivity contribution in [1.29, 1.82) is 0 Å². The van der Waals surface area contributed by atoms with E-state index in [1.807, 2.05) is 103 Å². The van der Waals surface area contributed by atoms with E-state index in [9.17, 15) is 28.8 Å². The van der Waals surface area contributed by atoms with Crippen molar-refractivity contribution in [3.05, 3.63) is 139 Å². The molecule has 0 aliphatic carbocycles. The summed E-state index contributed by atoms with van der Waals surface area (Å²) in [4.78, 5) is 121. The molecule has 9 aromatic rings. The zero-order valence-electron chi connectivity index (χ0n) is 88.6. The third-order valence-corrected chi connectivity index (χ3v) is 22.7. The molecule has 43 nitrogen and oxygen atoms in total. The number of nitrogens with two attached hydrogens (primary N) is 6. The minimum absolute atomic E-state index is 0.00732. The van der Waals surface area contributed by atoms with Crippen molar-refractivity contribution in [2.75, 3.05) is 129 Å². The monoisotopic (exact) mass is 1980 g/mol. The predicted molar refractivity (Wildman–Crippen MR) is 550 cm³/mol. The van der Waals surface area contributed by atoms with Gasteiger partial charge in [0.2, 0.25) is 29.7 Å². The molecule has 0 unspecified atom stereocenters. The van der Waals surface area contributed by atoms with Gasteiger partial charge in [0, 0.05) is 165 Å². The van der Waals surface area contributed by atoms with Gasteiger partial charge in [-0.15, -0.1) is 32.6 Å². The average Bonchev–Trinajstić information content (AvgIpc) is 1.67. The van der Waals surface area contributed by atoms with Crippen LogP contribution in [-0.4, -0.2) is 250 Å². The number of nitrogens with one attached hydrogen (secondary N) is 5. The Kier molecular flexibility index (Phi) is 46.0. The first kappa shape index (κ1) is 121. The number of thiazole rings is 2. The van der Waals surface area contributed by atoms with E-state index in [0.29, 0.717) is 72.6 Å². The van der Waals surface area contributed by atoms with Crippen molar-refractivity contribution < 1.29 is 51.5 Å². The molecule has 9 aromatic heterocycles. The summed E-state index contributed by atoms with van der Waals surface area (Å²) in [6, 6.07) is 0.655. The number of morpholine rings is 1. The van der Waals surface area contributed by atoms with Crippen LogP contribution in [0.25, 0.3) is 4.95 Å². The molecule has 6 amide bonds. The maximum absolute atomic E-state index is 12.1. The summed E-state index contributed by atoms with van der Waals surface area (Å²) in [5, 5.41) is 22.0. The molecule has 17 N–H and O–H groups in total. The van der Waals surface area contributed by atoms with Crippen LogP contribution in [0.3, 0.4) is 0 Å². The van der Waals surface area contributed by atoms with E-state index < -0.39 is 17.7 Å². The molecule has 2 saturated heterocycles. The summed E-state index contributed by atoms with van der Waals surface area (Å²) >= 11 is 2.85. The highest BCUT2D eigenvalue weighted by Crippen LogP contribution is 2.33. The van der Waals surface area contributed by atoms with Crippen LogP contribution in [0, 0.1) is 6.57 Å². The topological polar surface area (TPSA) is 567 Å². The molecule has 0 saturated carbocycles. The van der Waals surface area contributed by atoms with Crippen LogP contribution in [0.2, 0.25) is 0 Å². The summed E-state index contributed by atoms with van der Waals surface area (Å²) < 4.78 is 33.5. The SMILES string of the molecule is CC(C)(C)c1cnc(C(N)=O)s1.CC(C)(C)c1cnc(N=C(N)N2CCOCC2)o1.CCOC(N)=Nc1ncc(C(C)(C)C)o1.CN(C)CC(=O)Nc1ncc(C(C)(C)C)o1.CN1CCN(CCNC(=O)c2ncc(C(C)(C)C)s2)CC1.CNC(=O)n1cc(C(C)(C)C)cn1.Cn1c(C(C)(C)C)cnc1C(N)=O.Cn1c(C(C)(C)C)cnc1NCC(N)=O.[C-]#[N+]N=C(N)Nc1ncc(C(C)(C)C)n1C. The number of primary amides is 3. The number of oxazole rings is 3. The Morgan fingerprint density at radius 1 is 0.525 bits per heavy atom. The normalized spacial score (nSPS) is 13.6. The maximum Gasteiger partial charge on any atom is 0.341 e. The number of amidine groups is 1. The molecule has 45 heteroatoms. The molecule has 2 fully saturated rings. The summed E-state index contributed by atoms with van der Waals surface area (Å²) in [5.41, 5.74) is 36.3. The number of guanidine groups is 2. The first-order valence-corrected chi connectivity index (χ1v) is 47.1. The highest BCUT2D eigenvalue weighted by Gasteiger charge is 2.29. The van der Waals surface area contributed by atoms with Crippen LogP contribution in [0.15, 0.2) is 90.3 Å². The molecule has 0 bridgehead atoms. The van der Waals surface area contributed by atoms with Gasteiger partial charge in [0.15, 0.2) is 15.8 Å². The number of rotatable bonds is 16. The Balaban J connectivity index is 0.000000404. The zero-order valence-corrected chi connectivity index (χ0v) is 90.3. The number of nitrogens with zero attached hydrogens (tertiary/aromatic N) is 21. The van der Waals surface area contributed by atoms with E-state index >= 15 is 0 Å². The van der Waals surface area contributed by atoms with Gasteiger partial charge in [-0.1, -0.05) is 187 Å². The Morgan fingerprint density at radius 2 is 0.993 bits per heavy atom. The van der Waals surface area contributed by atoms with Gasteiger partial charge in [-0.3, -0.25) is 39.5 Å². The lowest BCUT2D eigenvalue weighted by Gasteiger charge is -2.32. The van der Waals surface area contributed by atoms with Crippen LogP contribution >= 0.6 is 22.7 Å². The highest BCUT2D eigenvalue weighted by atomic mass is 32.1. The van der Waals surface area contributed by atoms with Gasteiger partial charge < -0.3 is 101 Å². The molecule has 0 atom stereocenters. The van der Waals surface area contributed by atoms with E-state index in [2.05, 4.69) is 254 Å². The standard InChI is InChI=1S/C15H26N4OS.C12H20N4O2.C11H19N3O2.C10H16N6.C10H18N4O.C10H17N3O2.2C9H15N3O.C8H12N2OS/c1-15(2,3)12-11-17-14(21-12)13(20)16-5-6-19-9-7-18(4)8-10-19;1-12(2,3)9-8-14-11(18-9)15-10(13)16-4-6-17-7-5-16;1-11(2,3)8-6-12-10(16-8)13-9(15)7-14(4)5;1-10(2,3)7-6-13-9(16(7)5)14-8(11)15-12-4;1-10(2,3)7-5-12-9(14(7)4)13-6-8(11)15;1-5-14-8(11)13-9-12-6-7(15-9)10(2,3)4;1-9(2,3)7-5-11-12(6-7)8(13)10-4;1-9(2,3)6-5-11-8(7(10)13)12(6)4;1-8(2,3)5-4-10-7(12-5)6(9)11/h11H,5-10H2,1-4H3,(H,16,20);8H,4-7H2,1-3H3,(H2,13,14,15);6H,7H2,1-5H3,(H,12,13,15);6H,1-3,5H3,(H3,11,13,14,15);5H,6H2,1-4H3,(H2,11,15)(H,12,13);6H,5H2,1-4H3,(H2,11,12,13);5-6H,1-4H3,(H,10,13);5H,1-4H3,(H2,10,13);4H,1-3H3,(H2,9,11). The van der Waals surface area contributed by atoms with Gasteiger partial charge in [-0.05, 0) is 49.9 Å². The number of hydrogen-bond donors (Lipinski definition) is 11. The minimum Gasteiger partial charge on any atom is -0.465 e. The van der Waals surface area contributed by atoms with E-state index in [1.54, 1.807) is 73.1 Å². The molecule has 11 heterocycles. The van der Waals surface area contributed by atoms with Gasteiger partial charge in [0.25, 0.3) is 29.7 Å². The van der Waals surface area contributed by atoms with Gasteiger partial charge in [0.05, 0.1) is 70.1 Å². The maximum atomic E-state index is 12.1. The molecule has 2 aliphatic rings. The summed E-state index contributed by atoms with van der Waals surface area (Å²) in [6.07, 6.45) is 17.3. The number of carbonyl (C=O) groups excluding carboxylic acids is 6. The van der Waals surface area contributed by atoms with Crippen LogP contribution in [0.5, 0.6) is 0 Å². The molecule has 11 rings (SSSR count). The van der Waals surface area contributed by atoms with E-state index in [-0.39, 0.29) is 97.1 Å². The van der Waals surface area contributed by atoms with Crippen molar-refractivity contribution in [1.82, 2.24) is 93.6 Å². The van der Waals surface area contributed by atoms with E-state index in [4.69, 9.17) is 63.7 Å². The predicted octanol–water partition coefficient (Wildman–Crippen LogP) is 11.7. The second-order valence-corrected chi connectivity index (χ2v) is 44.1. The number of likely N-dealkylation sites (N-methyl/N-ethyl adjacent to an activating group) is 2. The molecule has 2 aliphatic heterocycles. The van der Waals surface area contributed by atoms with Crippen molar-refractivity contribution in [3.63, 3.8) is 0 Å². The number of ether oxygens (including phenoxy) is 2. The lowest BCUT2D eigenvalue weighted by molar-refractivity contribution is -0.117. The number of anilines is 3. The number of hydrogen-bond acceptors (Lipinski definition) is 29. The number of aromatic nitrogens is 13. The summed E-state index contributed by atoms with van der Waals surface area (Å²) in [7, 11) is 13.0. The number of piperazine rings is 1. The minimum atomic E-state index is -0.488. The lowest BCUT2D eigenvalue weighted by atomic mass is 9.90. The first-order chi connectivity index (χ1) is 63.9. The third kappa shape index (κ3) is 42.8. The van der Waals surface area contributed by atoms with E-state index in [0.717, 1.165) is 95.5 Å². The molecule has 0 radical (unpaired) electrons. The Hall–Kier alpha value is -12.5. The molecule has 139 heavy (non-hydrogen) atoms. The van der Waals surface area contributed by atoms with Crippen LogP contribution < -0.4 is 61.0 Å². The average molecular weight is 1980 g/mol. The third-order valence-electron chi connectivity index (χ3n) is 19.8. The first-order valence-electron chi connectivity index (χ1n) is 45.4. The lowest BCUT2D eigenvalue weighted by Crippen LogP contribution is -2.46. The Morgan fingerprint density at radius 3 is 1.39 bits per heavy atom. The number of amides is 6. The van der Waals surface area contributed by atoms with Gasteiger partial charge in [-0.25, -0.2) is 34.7 Å². The fourth-order valence-corrected chi connectivity index (χ4v) is 13.5. The van der Waals surface area contributed by atoms with Gasteiger partial charge in [-0.2, -0.15) is 31.3 Å². The zero-order chi connectivity index (χ0) is 106. The Labute approximate surface area is 828 Å². The van der Waals surface area contributed by atoms with Crippen LogP contribution in [-0.2, 0) is 88.9 Å². The van der Waals surface area contributed by atoms with Crippen molar-refractivity contribution in [2.24, 2.45) is 70.6 Å². The van der Waals surface area contributed by atoms with Crippen molar-refractivity contribution in [3.8, 4) is 0 Å². The van der Waals surface area contributed by atoms with Crippen molar-refractivity contribution in [2.45, 2.75) is 243 Å². The number of aliphatic imine (C=N–C) groups is 2. The van der Waals surface area contributed by atoms with Crippen LogP contribution in [0.4, 0.5) is 34.7 Å². The van der Waals surface area contributed by atoms with Crippen molar-refractivity contribution >= 4 is 106 Å². The van der Waals surface area contributed by atoms with Crippen LogP contribution in [0.1, 0.15) is 274 Å². The quantitative estimate of drug-likeness (QED) is 0.0185. The summed E-state index contributed by atoms with van der Waals surface area (Å²) in [5.74, 6) is 2.85. The smallest absolute Gasteiger partial charge is 0.341 e. The molecule has 0 spiro atoms. The number of carbonyl (C=O) groups is 6. The molecular weight excluding hydrogens is 1820 g/mol. The molecule has 0 aromatic carbocycles. The fraction of sp³-hybridized carbons (Fsp3) is 0.606. The molecule has 772 valence electrons. The second kappa shape index (κ2) is 53.0. The molecular formula is C94H158N32O11S2. The van der Waals surface area contributed by atoms with E-state index in [1.165, 1.54) is 27.4 Å². The second-order valence-electron chi connectivity index (χ2n) is 42.1.